The van der Waals surface area contributed by atoms with Crippen molar-refractivity contribution < 1.29 is 23.9 Å². The summed E-state index contributed by atoms with van der Waals surface area (Å²) in [4.78, 5) is 34.6. The zero-order valence-corrected chi connectivity index (χ0v) is 11.2. The van der Waals surface area contributed by atoms with E-state index in [-0.39, 0.29) is 32.5 Å². The number of ether oxygens (including phenoxy) is 2. The Balaban J connectivity index is 2.81. The Morgan fingerprint density at radius 1 is 1.44 bits per heavy atom. The van der Waals surface area contributed by atoms with E-state index in [0.717, 1.165) is 0 Å². The third-order valence-electron chi connectivity index (χ3n) is 2.81. The highest BCUT2D eigenvalue weighted by atomic mass is 35.5. The molecular weight excluding hydrogens is 262 g/mol. The number of esters is 1. The first-order valence-electron chi connectivity index (χ1n) is 5.68. The third kappa shape index (κ3) is 2.93. The van der Waals surface area contributed by atoms with Gasteiger partial charge in [0.15, 0.2) is 5.78 Å². The highest BCUT2D eigenvalue weighted by Crippen LogP contribution is 2.28. The highest BCUT2D eigenvalue weighted by Gasteiger charge is 2.47. The summed E-state index contributed by atoms with van der Waals surface area (Å²) in [6, 6.07) is 0. The summed E-state index contributed by atoms with van der Waals surface area (Å²) in [6.45, 7) is 2.17. The molecule has 18 heavy (non-hydrogen) atoms. The van der Waals surface area contributed by atoms with E-state index in [0.29, 0.717) is 0 Å². The summed E-state index contributed by atoms with van der Waals surface area (Å²) in [5.41, 5.74) is 0. The maximum absolute atomic E-state index is 11.9. The minimum Gasteiger partial charge on any atom is -0.464 e. The molecule has 1 heterocycles. The minimum absolute atomic E-state index is 0.0113. The Labute approximate surface area is 110 Å². The van der Waals surface area contributed by atoms with Gasteiger partial charge in [-0.25, -0.2) is 9.59 Å². The molecule has 1 unspecified atom stereocenters. The van der Waals surface area contributed by atoms with Gasteiger partial charge in [0, 0.05) is 25.9 Å². The van der Waals surface area contributed by atoms with Gasteiger partial charge in [0.1, 0.15) is 0 Å². The predicted molar refractivity (Wildman–Crippen MR) is 63.4 cm³/mol. The number of methoxy groups -OCH3 is 1. The molecule has 1 amide bonds. The molecule has 102 valence electrons. The van der Waals surface area contributed by atoms with Gasteiger partial charge < -0.3 is 14.4 Å². The molecule has 1 atom stereocenters. The Hall–Kier alpha value is -1.30. The van der Waals surface area contributed by atoms with E-state index in [9.17, 15) is 14.4 Å². The molecule has 0 N–H and O–H groups in total. The van der Waals surface area contributed by atoms with Gasteiger partial charge in [0.05, 0.1) is 13.7 Å². The first-order chi connectivity index (χ1) is 8.45. The Kier molecular flexibility index (Phi) is 4.95. The van der Waals surface area contributed by atoms with Crippen LogP contribution in [0.1, 0.15) is 19.8 Å². The molecule has 1 aliphatic heterocycles. The molecule has 1 rings (SSSR count). The van der Waals surface area contributed by atoms with Crippen LogP contribution in [0.4, 0.5) is 4.79 Å². The lowest BCUT2D eigenvalue weighted by molar-refractivity contribution is -0.149. The number of ketones is 1. The number of hydrogen-bond acceptors (Lipinski definition) is 5. The Morgan fingerprint density at radius 2 is 2.11 bits per heavy atom. The summed E-state index contributed by atoms with van der Waals surface area (Å²) in [5, 5.41) is 0. The summed E-state index contributed by atoms with van der Waals surface area (Å²) >= 11 is 6.07. The molecule has 1 saturated heterocycles. The molecule has 0 bridgehead atoms. The molecule has 0 spiro atoms. The van der Waals surface area contributed by atoms with Gasteiger partial charge in [-0.2, -0.15) is 0 Å². The Bertz CT molecular complexity index is 359. The SMILES string of the molecule is CCOC(=O)C1(Cl)CCN(C(=O)OC)CCC1=O. The number of Topliss-reactive ketones (excluding diaryl/α,β-unsaturated/α-hetero) is 1. The van der Waals surface area contributed by atoms with Crippen LogP contribution in [0.5, 0.6) is 0 Å². The van der Waals surface area contributed by atoms with E-state index >= 15 is 0 Å². The second kappa shape index (κ2) is 6.04. The van der Waals surface area contributed by atoms with Crippen LogP contribution in [0.3, 0.4) is 0 Å². The number of hydrogen-bond donors (Lipinski definition) is 0. The largest absolute Gasteiger partial charge is 0.464 e. The summed E-state index contributed by atoms with van der Waals surface area (Å²) < 4.78 is 9.38. The average molecular weight is 278 g/mol. The molecule has 1 aliphatic rings. The monoisotopic (exact) mass is 277 g/mol. The van der Waals surface area contributed by atoms with Crippen LogP contribution >= 0.6 is 11.6 Å². The number of amides is 1. The second-order valence-corrected chi connectivity index (χ2v) is 4.55. The van der Waals surface area contributed by atoms with Crippen LogP contribution in [0.25, 0.3) is 0 Å². The molecule has 7 heteroatoms. The molecule has 0 saturated carbocycles. The number of carbonyl (C=O) groups excluding carboxylic acids is 3. The highest BCUT2D eigenvalue weighted by molar-refractivity contribution is 6.45. The van der Waals surface area contributed by atoms with E-state index in [1.807, 2.05) is 0 Å². The summed E-state index contributed by atoms with van der Waals surface area (Å²) in [5.74, 6) is -1.17. The standard InChI is InChI=1S/C11H16ClNO5/c1-3-18-9(15)11(12)5-7-13(10(16)17-2)6-4-8(11)14/h3-7H2,1-2H3. The predicted octanol–water partition coefficient (Wildman–Crippen LogP) is 0.958. The quantitative estimate of drug-likeness (QED) is 0.427. The lowest BCUT2D eigenvalue weighted by Gasteiger charge is -2.22. The lowest BCUT2D eigenvalue weighted by atomic mass is 9.98. The number of nitrogens with zero attached hydrogens (tertiary/aromatic N) is 1. The van der Waals surface area contributed by atoms with Crippen molar-refractivity contribution in [3.63, 3.8) is 0 Å². The van der Waals surface area contributed by atoms with Crippen LogP contribution in [0.15, 0.2) is 0 Å². The minimum atomic E-state index is -1.68. The van der Waals surface area contributed by atoms with Crippen LogP contribution in [-0.2, 0) is 19.1 Å². The lowest BCUT2D eigenvalue weighted by Crippen LogP contribution is -2.42. The van der Waals surface area contributed by atoms with Gasteiger partial charge >= 0.3 is 12.1 Å². The normalized spacial score (nSPS) is 24.4. The van der Waals surface area contributed by atoms with Crippen molar-refractivity contribution in [3.05, 3.63) is 0 Å². The number of rotatable bonds is 2. The first-order valence-corrected chi connectivity index (χ1v) is 6.05. The Morgan fingerprint density at radius 3 is 2.67 bits per heavy atom. The van der Waals surface area contributed by atoms with Crippen molar-refractivity contribution in [2.75, 3.05) is 26.8 Å². The van der Waals surface area contributed by atoms with Crippen LogP contribution < -0.4 is 0 Å². The van der Waals surface area contributed by atoms with Gasteiger partial charge in [-0.3, -0.25) is 4.79 Å². The molecule has 0 radical (unpaired) electrons. The van der Waals surface area contributed by atoms with Gasteiger partial charge in [-0.05, 0) is 6.92 Å². The van der Waals surface area contributed by atoms with Gasteiger partial charge in [-0.1, -0.05) is 11.6 Å². The van der Waals surface area contributed by atoms with Crippen LogP contribution in [0.2, 0.25) is 0 Å². The molecule has 1 fully saturated rings. The third-order valence-corrected chi connectivity index (χ3v) is 3.36. The molecule has 0 aromatic heterocycles. The van der Waals surface area contributed by atoms with E-state index in [4.69, 9.17) is 16.3 Å². The molecule has 0 aliphatic carbocycles. The number of alkyl halides is 1. The fourth-order valence-corrected chi connectivity index (χ4v) is 1.98. The maximum Gasteiger partial charge on any atom is 0.409 e. The summed E-state index contributed by atoms with van der Waals surface area (Å²) in [7, 11) is 1.26. The van der Waals surface area contributed by atoms with E-state index < -0.39 is 22.7 Å². The zero-order valence-electron chi connectivity index (χ0n) is 10.4. The molecule has 0 aromatic carbocycles. The van der Waals surface area contributed by atoms with Crippen molar-refractivity contribution in [3.8, 4) is 0 Å². The van der Waals surface area contributed by atoms with E-state index in [1.54, 1.807) is 6.92 Å². The molecule has 0 aromatic rings. The zero-order chi connectivity index (χ0) is 13.8. The summed E-state index contributed by atoms with van der Waals surface area (Å²) in [6.07, 6.45) is -0.494. The van der Waals surface area contributed by atoms with Gasteiger partial charge in [0.2, 0.25) is 4.87 Å². The number of carbonyl (C=O) groups is 3. The van der Waals surface area contributed by atoms with Crippen molar-refractivity contribution in [2.24, 2.45) is 0 Å². The van der Waals surface area contributed by atoms with Gasteiger partial charge in [0.25, 0.3) is 0 Å². The van der Waals surface area contributed by atoms with E-state index in [2.05, 4.69) is 4.74 Å². The fraction of sp³-hybridized carbons (Fsp3) is 0.727. The van der Waals surface area contributed by atoms with Crippen molar-refractivity contribution in [2.45, 2.75) is 24.6 Å². The van der Waals surface area contributed by atoms with Crippen molar-refractivity contribution in [1.82, 2.24) is 4.90 Å². The van der Waals surface area contributed by atoms with E-state index in [1.165, 1.54) is 12.0 Å². The molecule has 6 nitrogen and oxygen atoms in total. The molecular formula is C11H16ClNO5. The van der Waals surface area contributed by atoms with Crippen LogP contribution in [0, 0.1) is 0 Å². The number of likely N-dealkylation sites (tertiary alicyclic amines) is 1. The maximum atomic E-state index is 11.9. The average Bonchev–Trinajstić information content (AvgIpc) is 2.51. The smallest absolute Gasteiger partial charge is 0.409 e. The topological polar surface area (TPSA) is 72.9 Å². The second-order valence-electron chi connectivity index (χ2n) is 3.90. The van der Waals surface area contributed by atoms with Crippen molar-refractivity contribution in [1.29, 1.82) is 0 Å². The van der Waals surface area contributed by atoms with Crippen molar-refractivity contribution >= 4 is 29.4 Å². The van der Waals surface area contributed by atoms with Gasteiger partial charge in [-0.15, -0.1) is 0 Å². The van der Waals surface area contributed by atoms with Crippen LogP contribution in [-0.4, -0.2) is 54.4 Å². The first kappa shape index (κ1) is 14.8. The number of halogens is 1. The fourth-order valence-electron chi connectivity index (χ4n) is 1.75.